The maximum absolute atomic E-state index is 11.9. The molecular weight excluding hydrogens is 324 g/mol. The molecule has 0 fully saturated rings. The Morgan fingerprint density at radius 1 is 1.15 bits per heavy atom. The minimum atomic E-state index is -3.69. The molecule has 0 bridgehead atoms. The van der Waals surface area contributed by atoms with Gasteiger partial charge in [-0.3, -0.25) is 0 Å². The Balaban J connectivity index is 0.00000361. The summed E-state index contributed by atoms with van der Waals surface area (Å²) in [7, 11) is -7.11. The molecule has 0 radical (unpaired) electrons. The van der Waals surface area contributed by atoms with Crippen LogP contribution in [0.15, 0.2) is 34.1 Å². The molecule has 0 aromatic heterocycles. The highest BCUT2D eigenvalue weighted by Crippen LogP contribution is 2.16. The summed E-state index contributed by atoms with van der Waals surface area (Å²) in [5.41, 5.74) is 5.28. The minimum absolute atomic E-state index is 0. The topological polar surface area (TPSA) is 106 Å². The largest absolute Gasteiger partial charge is 0.330 e. The highest BCUT2D eigenvalue weighted by molar-refractivity contribution is 7.91. The predicted molar refractivity (Wildman–Crippen MR) is 80.3 cm³/mol. The zero-order valence-electron chi connectivity index (χ0n) is 11.1. The molecule has 116 valence electrons. The van der Waals surface area contributed by atoms with E-state index in [-0.39, 0.29) is 34.5 Å². The molecule has 0 amide bonds. The van der Waals surface area contributed by atoms with Crippen LogP contribution in [0.2, 0.25) is 0 Å². The van der Waals surface area contributed by atoms with E-state index in [1.807, 2.05) is 0 Å². The Hall–Kier alpha value is -0.670. The van der Waals surface area contributed by atoms with Crippen LogP contribution in [0.1, 0.15) is 13.3 Å². The van der Waals surface area contributed by atoms with Gasteiger partial charge < -0.3 is 5.73 Å². The molecule has 3 N–H and O–H groups in total. The van der Waals surface area contributed by atoms with E-state index in [0.29, 0.717) is 13.0 Å². The number of hydrogen-bond acceptors (Lipinski definition) is 5. The lowest BCUT2D eigenvalue weighted by atomic mass is 10.4. The molecule has 0 heterocycles. The Kier molecular flexibility index (Phi) is 7.67. The number of hydrogen-bond donors (Lipinski definition) is 2. The van der Waals surface area contributed by atoms with E-state index < -0.39 is 19.9 Å². The van der Waals surface area contributed by atoms with Crippen molar-refractivity contribution in [3.8, 4) is 0 Å². The highest BCUT2D eigenvalue weighted by Gasteiger charge is 2.17. The zero-order chi connectivity index (χ0) is 14.5. The van der Waals surface area contributed by atoms with Crippen LogP contribution in [-0.2, 0) is 19.9 Å². The van der Waals surface area contributed by atoms with Crippen LogP contribution in [0.5, 0.6) is 0 Å². The van der Waals surface area contributed by atoms with Crippen LogP contribution in [-0.4, -0.2) is 35.7 Å². The van der Waals surface area contributed by atoms with Crippen molar-refractivity contribution in [2.24, 2.45) is 5.73 Å². The van der Waals surface area contributed by atoms with Gasteiger partial charge in [0.05, 0.1) is 15.5 Å². The quantitative estimate of drug-likeness (QED) is 0.703. The molecule has 0 aliphatic rings. The van der Waals surface area contributed by atoms with Crippen molar-refractivity contribution in [1.29, 1.82) is 0 Å². The van der Waals surface area contributed by atoms with Gasteiger partial charge in [-0.25, -0.2) is 21.6 Å². The van der Waals surface area contributed by atoms with Gasteiger partial charge in [-0.15, -0.1) is 12.4 Å². The number of rotatable bonds is 7. The molecular formula is C11H19ClN2O4S2. The van der Waals surface area contributed by atoms with E-state index in [2.05, 4.69) is 4.72 Å². The second-order valence-corrected chi connectivity index (χ2v) is 7.96. The summed E-state index contributed by atoms with van der Waals surface area (Å²) in [4.78, 5) is -0.0456. The van der Waals surface area contributed by atoms with E-state index in [0.717, 1.165) is 0 Å². The van der Waals surface area contributed by atoms with Crippen molar-refractivity contribution in [3.63, 3.8) is 0 Å². The normalized spacial score (nSPS) is 11.9. The second-order valence-electron chi connectivity index (χ2n) is 3.92. The molecule has 0 spiro atoms. The van der Waals surface area contributed by atoms with Crippen LogP contribution in [0.25, 0.3) is 0 Å². The Labute approximate surface area is 126 Å². The molecule has 0 saturated carbocycles. The fourth-order valence-electron chi connectivity index (χ4n) is 1.39. The fourth-order valence-corrected chi connectivity index (χ4v) is 3.51. The first-order chi connectivity index (χ1) is 8.83. The fraction of sp³-hybridized carbons (Fsp3) is 0.455. The molecule has 1 aromatic carbocycles. The Morgan fingerprint density at radius 2 is 1.75 bits per heavy atom. The molecule has 0 aliphatic heterocycles. The summed E-state index contributed by atoms with van der Waals surface area (Å²) in [6.07, 6.45) is 0.520. The van der Waals surface area contributed by atoms with Gasteiger partial charge in [0.2, 0.25) is 10.0 Å². The summed E-state index contributed by atoms with van der Waals surface area (Å²) in [5.74, 6) is -0.0723. The molecule has 1 aromatic rings. The monoisotopic (exact) mass is 342 g/mol. The van der Waals surface area contributed by atoms with Gasteiger partial charge in [0.25, 0.3) is 0 Å². The lowest BCUT2D eigenvalue weighted by Gasteiger charge is -2.08. The minimum Gasteiger partial charge on any atom is -0.330 e. The smallest absolute Gasteiger partial charge is 0.240 e. The standard InChI is InChI=1S/C11H18N2O4S2.ClH/c1-2-18(14,15)10-5-3-6-11(9-10)19(16,17)13-8-4-7-12;/h3,5-6,9,13H,2,4,7-8,12H2,1H3;1H. The predicted octanol–water partition coefficient (Wildman–Crippen LogP) is 0.529. The molecule has 9 heteroatoms. The number of halogens is 1. The third-order valence-corrected chi connectivity index (χ3v) is 5.72. The third kappa shape index (κ3) is 5.02. The zero-order valence-corrected chi connectivity index (χ0v) is 13.5. The van der Waals surface area contributed by atoms with E-state index in [4.69, 9.17) is 5.73 Å². The number of sulfone groups is 1. The highest BCUT2D eigenvalue weighted by atomic mass is 35.5. The first-order valence-electron chi connectivity index (χ1n) is 5.86. The molecule has 20 heavy (non-hydrogen) atoms. The number of nitrogens with one attached hydrogen (secondary N) is 1. The number of benzene rings is 1. The molecule has 0 atom stereocenters. The van der Waals surface area contributed by atoms with Crippen LogP contribution in [0.3, 0.4) is 0 Å². The van der Waals surface area contributed by atoms with E-state index in [1.165, 1.54) is 31.2 Å². The van der Waals surface area contributed by atoms with Crippen molar-refractivity contribution in [1.82, 2.24) is 4.72 Å². The lowest BCUT2D eigenvalue weighted by Crippen LogP contribution is -2.26. The van der Waals surface area contributed by atoms with E-state index in [1.54, 1.807) is 0 Å². The van der Waals surface area contributed by atoms with Crippen molar-refractivity contribution in [2.45, 2.75) is 23.1 Å². The van der Waals surface area contributed by atoms with Gasteiger partial charge >= 0.3 is 0 Å². The maximum Gasteiger partial charge on any atom is 0.240 e. The van der Waals surface area contributed by atoms with Gasteiger partial charge in [0.15, 0.2) is 9.84 Å². The van der Waals surface area contributed by atoms with Crippen molar-refractivity contribution >= 4 is 32.3 Å². The molecule has 0 unspecified atom stereocenters. The van der Waals surface area contributed by atoms with Gasteiger partial charge in [-0.05, 0) is 31.2 Å². The molecule has 1 rings (SSSR count). The van der Waals surface area contributed by atoms with Crippen LogP contribution < -0.4 is 10.5 Å². The van der Waals surface area contributed by atoms with Gasteiger partial charge in [0.1, 0.15) is 0 Å². The number of sulfonamides is 1. The average molecular weight is 343 g/mol. The van der Waals surface area contributed by atoms with Crippen LogP contribution in [0, 0.1) is 0 Å². The first kappa shape index (κ1) is 19.3. The Bertz CT molecular complexity index is 630. The summed E-state index contributed by atoms with van der Waals surface area (Å²) >= 11 is 0. The van der Waals surface area contributed by atoms with Gasteiger partial charge in [0, 0.05) is 6.54 Å². The number of nitrogens with two attached hydrogens (primary N) is 1. The van der Waals surface area contributed by atoms with E-state index in [9.17, 15) is 16.8 Å². The summed E-state index contributed by atoms with van der Waals surface area (Å²) < 4.78 is 49.6. The Morgan fingerprint density at radius 3 is 2.30 bits per heavy atom. The van der Waals surface area contributed by atoms with Gasteiger partial charge in [-0.2, -0.15) is 0 Å². The summed E-state index contributed by atoms with van der Waals surface area (Å²) in [6.45, 7) is 2.12. The van der Waals surface area contributed by atoms with Crippen molar-refractivity contribution in [3.05, 3.63) is 24.3 Å². The average Bonchev–Trinajstić information content (AvgIpc) is 2.39. The van der Waals surface area contributed by atoms with Gasteiger partial charge in [-0.1, -0.05) is 13.0 Å². The third-order valence-electron chi connectivity index (χ3n) is 2.53. The van der Waals surface area contributed by atoms with Crippen molar-refractivity contribution in [2.75, 3.05) is 18.8 Å². The second kappa shape index (κ2) is 7.94. The van der Waals surface area contributed by atoms with Crippen LogP contribution in [0.4, 0.5) is 0 Å². The molecule has 6 nitrogen and oxygen atoms in total. The lowest BCUT2D eigenvalue weighted by molar-refractivity contribution is 0.579. The summed E-state index contributed by atoms with van der Waals surface area (Å²) in [6, 6.07) is 5.33. The maximum atomic E-state index is 11.9. The van der Waals surface area contributed by atoms with Crippen LogP contribution >= 0.6 is 12.4 Å². The first-order valence-corrected chi connectivity index (χ1v) is 8.99. The molecule has 0 saturated heterocycles. The van der Waals surface area contributed by atoms with Crippen molar-refractivity contribution < 1.29 is 16.8 Å². The van der Waals surface area contributed by atoms with E-state index >= 15 is 0 Å². The summed E-state index contributed by atoms with van der Waals surface area (Å²) in [5, 5.41) is 0. The SMILES string of the molecule is CCS(=O)(=O)c1cccc(S(=O)(=O)NCCCN)c1.Cl. The molecule has 0 aliphatic carbocycles.